The van der Waals surface area contributed by atoms with E-state index in [1.807, 2.05) is 18.2 Å². The Balaban J connectivity index is 1.56. The van der Waals surface area contributed by atoms with Crippen LogP contribution in [0.5, 0.6) is 0 Å². The minimum absolute atomic E-state index is 0.236. The molecule has 0 unspecified atom stereocenters. The molecule has 0 saturated carbocycles. The lowest BCUT2D eigenvalue weighted by molar-refractivity contribution is -0.115. The van der Waals surface area contributed by atoms with Gasteiger partial charge in [-0.1, -0.05) is 89.5 Å². The fourth-order valence-corrected chi connectivity index (χ4v) is 4.73. The Hall–Kier alpha value is -1.83. The molecule has 0 radical (unpaired) electrons. The van der Waals surface area contributed by atoms with Gasteiger partial charge in [0.1, 0.15) is 0 Å². The molecular weight excluding hydrogens is 358 g/mol. The van der Waals surface area contributed by atoms with Crippen molar-refractivity contribution in [1.29, 1.82) is 0 Å². The van der Waals surface area contributed by atoms with E-state index in [-0.39, 0.29) is 11.7 Å². The zero-order valence-electron chi connectivity index (χ0n) is 12.7. The maximum atomic E-state index is 10.8. The molecule has 0 atom stereocenters. The van der Waals surface area contributed by atoms with Gasteiger partial charge in [0.2, 0.25) is 5.91 Å². The third-order valence-corrected chi connectivity index (χ3v) is 6.43. The number of thioether (sulfide) groups is 2. The SMILES string of the molecule is NC(=O)CSc1nnc(SCc2ccc(-c3ccccc3)cc2)s1. The maximum Gasteiger partial charge on any atom is 0.227 e. The monoisotopic (exact) mass is 373 g/mol. The zero-order chi connectivity index (χ0) is 16.8. The van der Waals surface area contributed by atoms with Gasteiger partial charge in [-0.25, -0.2) is 0 Å². The average Bonchev–Trinajstić information content (AvgIpc) is 3.07. The van der Waals surface area contributed by atoms with E-state index in [4.69, 9.17) is 5.73 Å². The lowest BCUT2D eigenvalue weighted by Crippen LogP contribution is -2.12. The van der Waals surface area contributed by atoms with Crippen LogP contribution in [0, 0.1) is 0 Å². The molecule has 0 aliphatic carbocycles. The van der Waals surface area contributed by atoms with Crippen LogP contribution in [0.25, 0.3) is 11.1 Å². The van der Waals surface area contributed by atoms with E-state index in [0.717, 1.165) is 14.4 Å². The van der Waals surface area contributed by atoms with Crippen LogP contribution >= 0.6 is 34.9 Å². The standard InChI is InChI=1S/C17H15N3OS3/c18-15(21)11-23-17-20-19-16(24-17)22-10-12-6-8-14(9-7-12)13-4-2-1-3-5-13/h1-9H,10-11H2,(H2,18,21). The van der Waals surface area contributed by atoms with E-state index in [1.165, 1.54) is 39.8 Å². The minimum atomic E-state index is -0.345. The first-order chi connectivity index (χ1) is 11.7. The molecule has 24 heavy (non-hydrogen) atoms. The van der Waals surface area contributed by atoms with Crippen molar-refractivity contribution < 1.29 is 4.79 Å². The number of carbonyl (C=O) groups is 1. The van der Waals surface area contributed by atoms with Crippen molar-refractivity contribution in [3.63, 3.8) is 0 Å². The molecule has 0 aliphatic heterocycles. The summed E-state index contributed by atoms with van der Waals surface area (Å²) in [6, 6.07) is 18.9. The normalized spacial score (nSPS) is 10.7. The lowest BCUT2D eigenvalue weighted by Gasteiger charge is -2.03. The predicted octanol–water partition coefficient (Wildman–Crippen LogP) is 4.07. The number of carbonyl (C=O) groups excluding carboxylic acids is 1. The largest absolute Gasteiger partial charge is 0.369 e. The first-order valence-corrected chi connectivity index (χ1v) is 10.0. The molecule has 3 rings (SSSR count). The minimum Gasteiger partial charge on any atom is -0.369 e. The molecule has 0 spiro atoms. The third kappa shape index (κ3) is 4.83. The summed E-state index contributed by atoms with van der Waals surface area (Å²) in [5, 5.41) is 8.19. The molecule has 7 heteroatoms. The molecule has 3 aromatic rings. The summed E-state index contributed by atoms with van der Waals surface area (Å²) in [6.45, 7) is 0. The summed E-state index contributed by atoms with van der Waals surface area (Å²) < 4.78 is 1.67. The Morgan fingerprint density at radius 3 is 2.21 bits per heavy atom. The van der Waals surface area contributed by atoms with Gasteiger partial charge in [-0.15, -0.1) is 10.2 Å². The Labute approximate surface area is 152 Å². The highest BCUT2D eigenvalue weighted by molar-refractivity contribution is 8.03. The number of hydrogen-bond donors (Lipinski definition) is 1. The van der Waals surface area contributed by atoms with E-state index in [9.17, 15) is 4.79 Å². The number of primary amides is 1. The molecule has 2 aromatic carbocycles. The molecule has 0 aliphatic rings. The van der Waals surface area contributed by atoms with Crippen molar-refractivity contribution in [3.05, 3.63) is 60.2 Å². The molecule has 122 valence electrons. The van der Waals surface area contributed by atoms with Gasteiger partial charge in [0.05, 0.1) is 5.75 Å². The quantitative estimate of drug-likeness (QED) is 0.632. The van der Waals surface area contributed by atoms with E-state index < -0.39 is 0 Å². The van der Waals surface area contributed by atoms with Gasteiger partial charge in [0.25, 0.3) is 0 Å². The fraction of sp³-hybridized carbons (Fsp3) is 0.118. The second-order valence-corrected chi connectivity index (χ2v) is 8.36. The topological polar surface area (TPSA) is 68.9 Å². The lowest BCUT2D eigenvalue weighted by atomic mass is 10.0. The highest BCUT2D eigenvalue weighted by Gasteiger charge is 2.07. The van der Waals surface area contributed by atoms with Crippen molar-refractivity contribution in [1.82, 2.24) is 10.2 Å². The average molecular weight is 374 g/mol. The van der Waals surface area contributed by atoms with Crippen LogP contribution in [0.3, 0.4) is 0 Å². The number of benzene rings is 2. The number of amides is 1. The highest BCUT2D eigenvalue weighted by Crippen LogP contribution is 2.31. The molecule has 0 bridgehead atoms. The summed E-state index contributed by atoms with van der Waals surface area (Å²) in [5.74, 6) is 0.729. The zero-order valence-corrected chi connectivity index (χ0v) is 15.2. The Bertz CT molecular complexity index is 803. The van der Waals surface area contributed by atoms with Crippen LogP contribution in [-0.2, 0) is 10.5 Å². The molecule has 0 saturated heterocycles. The van der Waals surface area contributed by atoms with Gasteiger partial charge in [-0.3, -0.25) is 4.79 Å². The van der Waals surface area contributed by atoms with E-state index in [2.05, 4.69) is 46.6 Å². The highest BCUT2D eigenvalue weighted by atomic mass is 32.2. The second kappa shape index (κ2) is 8.32. The van der Waals surface area contributed by atoms with Crippen molar-refractivity contribution in [3.8, 4) is 11.1 Å². The summed E-state index contributed by atoms with van der Waals surface area (Å²) in [5.41, 5.74) is 8.80. The van der Waals surface area contributed by atoms with Gasteiger partial charge >= 0.3 is 0 Å². The van der Waals surface area contributed by atoms with Crippen LogP contribution in [-0.4, -0.2) is 21.9 Å². The number of hydrogen-bond acceptors (Lipinski definition) is 6. The number of aromatic nitrogens is 2. The van der Waals surface area contributed by atoms with Crippen LogP contribution < -0.4 is 5.73 Å². The summed E-state index contributed by atoms with van der Waals surface area (Å²) >= 11 is 4.46. The summed E-state index contributed by atoms with van der Waals surface area (Å²) in [7, 11) is 0. The summed E-state index contributed by atoms with van der Waals surface area (Å²) in [6.07, 6.45) is 0. The molecule has 4 nitrogen and oxygen atoms in total. The van der Waals surface area contributed by atoms with Crippen molar-refractivity contribution >= 4 is 40.8 Å². The van der Waals surface area contributed by atoms with E-state index in [1.54, 1.807) is 11.8 Å². The van der Waals surface area contributed by atoms with Gasteiger partial charge < -0.3 is 5.73 Å². The first kappa shape index (κ1) is 17.0. The Morgan fingerprint density at radius 1 is 0.917 bits per heavy atom. The van der Waals surface area contributed by atoms with Crippen molar-refractivity contribution in [2.24, 2.45) is 5.73 Å². The smallest absolute Gasteiger partial charge is 0.227 e. The van der Waals surface area contributed by atoms with Gasteiger partial charge in [-0.05, 0) is 16.7 Å². The molecule has 1 aromatic heterocycles. The van der Waals surface area contributed by atoms with Crippen molar-refractivity contribution in [2.75, 3.05) is 5.75 Å². The predicted molar refractivity (Wildman–Crippen MR) is 101 cm³/mol. The van der Waals surface area contributed by atoms with E-state index >= 15 is 0 Å². The molecule has 1 heterocycles. The third-order valence-electron chi connectivity index (χ3n) is 3.15. The van der Waals surface area contributed by atoms with Crippen LogP contribution in [0.4, 0.5) is 0 Å². The molecule has 1 amide bonds. The fourth-order valence-electron chi connectivity index (χ4n) is 2.02. The van der Waals surface area contributed by atoms with E-state index in [0.29, 0.717) is 0 Å². The Kier molecular flexibility index (Phi) is 5.90. The number of nitrogens with zero attached hydrogens (tertiary/aromatic N) is 2. The van der Waals surface area contributed by atoms with Crippen molar-refractivity contribution in [2.45, 2.75) is 14.4 Å². The summed E-state index contributed by atoms with van der Waals surface area (Å²) in [4.78, 5) is 10.8. The molecular formula is C17H15N3OS3. The first-order valence-electron chi connectivity index (χ1n) is 7.22. The van der Waals surface area contributed by atoms with Gasteiger partial charge in [-0.2, -0.15) is 0 Å². The second-order valence-electron chi connectivity index (χ2n) is 4.94. The van der Waals surface area contributed by atoms with Gasteiger partial charge in [0.15, 0.2) is 8.68 Å². The van der Waals surface area contributed by atoms with Gasteiger partial charge in [0, 0.05) is 5.75 Å². The number of nitrogens with two attached hydrogens (primary N) is 1. The Morgan fingerprint density at radius 2 is 1.54 bits per heavy atom. The van der Waals surface area contributed by atoms with Crippen LogP contribution in [0.2, 0.25) is 0 Å². The maximum absolute atomic E-state index is 10.8. The van der Waals surface area contributed by atoms with Crippen LogP contribution in [0.1, 0.15) is 5.56 Å². The molecule has 0 fully saturated rings. The number of rotatable bonds is 7. The molecule has 2 N–H and O–H groups in total. The van der Waals surface area contributed by atoms with Crippen LogP contribution in [0.15, 0.2) is 63.3 Å².